The summed E-state index contributed by atoms with van der Waals surface area (Å²) in [5, 5.41) is 8.99. The predicted molar refractivity (Wildman–Crippen MR) is 132 cm³/mol. The standard InChI is InChI=1S/C24H31FN4O5S/c1-17-4-5-18(13-21(17)25)28-24(30)16-27-23-14-20(35(31,32)29-8-11-33-12-9-29)6-7-22(23)26-15-19-3-2-10-34-19/h4-7,13-14,19,26-27H,2-3,8-12,15-16H2,1H3,(H,28,30)/t19-/m1/s1. The summed E-state index contributed by atoms with van der Waals surface area (Å²) in [5.41, 5.74) is 1.97. The van der Waals surface area contributed by atoms with E-state index in [9.17, 15) is 17.6 Å². The number of aryl methyl sites for hydroxylation is 1. The second kappa shape index (κ2) is 11.3. The van der Waals surface area contributed by atoms with Gasteiger partial charge in [0.25, 0.3) is 0 Å². The molecule has 0 saturated carbocycles. The van der Waals surface area contributed by atoms with Gasteiger partial charge in [0, 0.05) is 31.9 Å². The fraction of sp³-hybridized carbons (Fsp3) is 0.458. The Bertz CT molecular complexity index is 1150. The van der Waals surface area contributed by atoms with Crippen LogP contribution in [-0.2, 0) is 24.3 Å². The van der Waals surface area contributed by atoms with Crippen molar-refractivity contribution in [1.82, 2.24) is 4.31 Å². The molecule has 4 rings (SSSR count). The number of anilines is 3. The Labute approximate surface area is 205 Å². The van der Waals surface area contributed by atoms with E-state index in [0.29, 0.717) is 55.5 Å². The molecule has 2 aliphatic heterocycles. The van der Waals surface area contributed by atoms with Crippen molar-refractivity contribution in [1.29, 1.82) is 0 Å². The summed E-state index contributed by atoms with van der Waals surface area (Å²) in [6, 6.07) is 9.26. The highest BCUT2D eigenvalue weighted by atomic mass is 32.2. The van der Waals surface area contributed by atoms with Gasteiger partial charge in [0.05, 0.1) is 42.1 Å². The molecule has 9 nitrogen and oxygen atoms in total. The van der Waals surface area contributed by atoms with Crippen LogP contribution in [0.5, 0.6) is 0 Å². The second-order valence-electron chi connectivity index (χ2n) is 8.61. The fourth-order valence-electron chi connectivity index (χ4n) is 4.00. The molecule has 0 radical (unpaired) electrons. The summed E-state index contributed by atoms with van der Waals surface area (Å²) in [4.78, 5) is 12.6. The van der Waals surface area contributed by atoms with E-state index in [-0.39, 0.29) is 23.5 Å². The van der Waals surface area contributed by atoms with Crippen molar-refractivity contribution < 1.29 is 27.1 Å². The van der Waals surface area contributed by atoms with Crippen LogP contribution in [0.4, 0.5) is 21.5 Å². The Kier molecular flexibility index (Phi) is 8.22. The third kappa shape index (κ3) is 6.49. The van der Waals surface area contributed by atoms with Gasteiger partial charge in [0.15, 0.2) is 0 Å². The van der Waals surface area contributed by atoms with Crippen LogP contribution in [-0.4, -0.2) is 70.7 Å². The average molecular weight is 507 g/mol. The number of nitrogens with one attached hydrogen (secondary N) is 3. The number of carbonyl (C=O) groups excluding carboxylic acids is 1. The quantitative estimate of drug-likeness (QED) is 0.480. The van der Waals surface area contributed by atoms with E-state index in [0.717, 1.165) is 19.4 Å². The average Bonchev–Trinajstić information content (AvgIpc) is 3.38. The molecule has 0 bridgehead atoms. The van der Waals surface area contributed by atoms with Crippen molar-refractivity contribution >= 4 is 33.0 Å². The van der Waals surface area contributed by atoms with E-state index in [1.807, 2.05) is 0 Å². The smallest absolute Gasteiger partial charge is 0.243 e. The van der Waals surface area contributed by atoms with Gasteiger partial charge in [-0.3, -0.25) is 4.79 Å². The second-order valence-corrected chi connectivity index (χ2v) is 10.5. The number of hydrogen-bond acceptors (Lipinski definition) is 7. The van der Waals surface area contributed by atoms with E-state index in [4.69, 9.17) is 9.47 Å². The third-order valence-electron chi connectivity index (χ3n) is 6.04. The van der Waals surface area contributed by atoms with Crippen LogP contribution >= 0.6 is 0 Å². The highest BCUT2D eigenvalue weighted by molar-refractivity contribution is 7.89. The molecule has 1 amide bonds. The van der Waals surface area contributed by atoms with Crippen LogP contribution < -0.4 is 16.0 Å². The molecular formula is C24H31FN4O5S. The number of halogens is 1. The van der Waals surface area contributed by atoms with Gasteiger partial charge in [0.2, 0.25) is 15.9 Å². The molecular weight excluding hydrogens is 475 g/mol. The minimum Gasteiger partial charge on any atom is -0.381 e. The van der Waals surface area contributed by atoms with Crippen LogP contribution in [0.1, 0.15) is 18.4 Å². The zero-order valence-corrected chi connectivity index (χ0v) is 20.5. The highest BCUT2D eigenvalue weighted by Gasteiger charge is 2.27. The molecule has 3 N–H and O–H groups in total. The lowest BCUT2D eigenvalue weighted by Crippen LogP contribution is -2.40. The molecule has 0 aliphatic carbocycles. The first-order chi connectivity index (χ1) is 16.8. The molecule has 0 unspecified atom stereocenters. The third-order valence-corrected chi connectivity index (χ3v) is 7.93. The molecule has 2 saturated heterocycles. The molecule has 0 spiro atoms. The van der Waals surface area contributed by atoms with Crippen molar-refractivity contribution in [2.24, 2.45) is 0 Å². The minimum atomic E-state index is -3.71. The van der Waals surface area contributed by atoms with Gasteiger partial charge in [0.1, 0.15) is 5.82 Å². The van der Waals surface area contributed by atoms with Crippen LogP contribution in [0.15, 0.2) is 41.3 Å². The van der Waals surface area contributed by atoms with E-state index in [1.165, 1.54) is 16.4 Å². The van der Waals surface area contributed by atoms with Crippen LogP contribution in [0.2, 0.25) is 0 Å². The monoisotopic (exact) mass is 506 g/mol. The lowest BCUT2D eigenvalue weighted by atomic mass is 10.2. The summed E-state index contributed by atoms with van der Waals surface area (Å²) in [6.45, 7) is 4.10. The molecule has 2 aliphatic rings. The van der Waals surface area contributed by atoms with Gasteiger partial charge in [-0.05, 0) is 55.7 Å². The summed E-state index contributed by atoms with van der Waals surface area (Å²) >= 11 is 0. The SMILES string of the molecule is Cc1ccc(NC(=O)CNc2cc(S(=O)(=O)N3CCOCC3)ccc2NC[C@H]2CCCO2)cc1F. The van der Waals surface area contributed by atoms with Gasteiger partial charge in [-0.2, -0.15) is 4.31 Å². The fourth-order valence-corrected chi connectivity index (χ4v) is 5.44. The molecule has 2 fully saturated rings. The normalized spacial score (nSPS) is 18.9. The minimum absolute atomic E-state index is 0.0827. The van der Waals surface area contributed by atoms with E-state index in [1.54, 1.807) is 31.2 Å². The maximum atomic E-state index is 13.8. The van der Waals surface area contributed by atoms with Crippen molar-refractivity contribution in [3.05, 3.63) is 47.8 Å². The number of benzene rings is 2. The van der Waals surface area contributed by atoms with Gasteiger partial charge in [-0.15, -0.1) is 0 Å². The number of rotatable bonds is 9. The Morgan fingerprint density at radius 3 is 2.60 bits per heavy atom. The molecule has 11 heteroatoms. The lowest BCUT2D eigenvalue weighted by Gasteiger charge is -2.26. The van der Waals surface area contributed by atoms with Gasteiger partial charge >= 0.3 is 0 Å². The molecule has 0 aromatic heterocycles. The van der Waals surface area contributed by atoms with E-state index >= 15 is 0 Å². The number of carbonyl (C=O) groups is 1. The van der Waals surface area contributed by atoms with E-state index in [2.05, 4.69) is 16.0 Å². The Morgan fingerprint density at radius 2 is 1.89 bits per heavy atom. The Morgan fingerprint density at radius 1 is 1.09 bits per heavy atom. The molecule has 1 atom stereocenters. The van der Waals surface area contributed by atoms with Crippen molar-refractivity contribution in [3.63, 3.8) is 0 Å². The Balaban J connectivity index is 1.49. The number of sulfonamides is 1. The zero-order valence-electron chi connectivity index (χ0n) is 19.7. The van der Waals surface area contributed by atoms with Gasteiger partial charge in [-0.1, -0.05) is 6.07 Å². The first-order valence-corrected chi connectivity index (χ1v) is 13.1. The molecule has 190 valence electrons. The van der Waals surface area contributed by atoms with Gasteiger partial charge in [-0.25, -0.2) is 12.8 Å². The Hall–Kier alpha value is -2.73. The number of nitrogens with zero attached hydrogens (tertiary/aromatic N) is 1. The summed E-state index contributed by atoms with van der Waals surface area (Å²) in [7, 11) is -3.71. The molecule has 2 heterocycles. The topological polar surface area (TPSA) is 109 Å². The maximum Gasteiger partial charge on any atom is 0.243 e. The predicted octanol–water partition coefficient (Wildman–Crippen LogP) is 2.80. The van der Waals surface area contributed by atoms with Crippen LogP contribution in [0, 0.1) is 12.7 Å². The number of hydrogen-bond donors (Lipinski definition) is 3. The first kappa shape index (κ1) is 25.4. The van der Waals surface area contributed by atoms with Crippen LogP contribution in [0.3, 0.4) is 0 Å². The summed E-state index contributed by atoms with van der Waals surface area (Å²) in [6.07, 6.45) is 2.04. The number of morpholine rings is 1. The number of amides is 1. The largest absolute Gasteiger partial charge is 0.381 e. The lowest BCUT2D eigenvalue weighted by molar-refractivity contribution is -0.114. The molecule has 35 heavy (non-hydrogen) atoms. The molecule has 2 aromatic carbocycles. The maximum absolute atomic E-state index is 13.8. The summed E-state index contributed by atoms with van der Waals surface area (Å²) in [5.74, 6) is -0.794. The van der Waals surface area contributed by atoms with Crippen molar-refractivity contribution in [2.45, 2.75) is 30.8 Å². The molecule has 2 aromatic rings. The van der Waals surface area contributed by atoms with E-state index < -0.39 is 15.8 Å². The zero-order chi connectivity index (χ0) is 24.8. The highest BCUT2D eigenvalue weighted by Crippen LogP contribution is 2.28. The van der Waals surface area contributed by atoms with Gasteiger partial charge < -0.3 is 25.4 Å². The van der Waals surface area contributed by atoms with Crippen LogP contribution in [0.25, 0.3) is 0 Å². The summed E-state index contributed by atoms with van der Waals surface area (Å²) < 4.78 is 52.4. The van der Waals surface area contributed by atoms with Crippen molar-refractivity contribution in [3.8, 4) is 0 Å². The number of ether oxygens (including phenoxy) is 2. The first-order valence-electron chi connectivity index (χ1n) is 11.7. The van der Waals surface area contributed by atoms with Crippen molar-refractivity contribution in [2.75, 3.05) is 62.0 Å².